The number of hydrogen-bond acceptors (Lipinski definition) is 3. The van der Waals surface area contributed by atoms with Crippen molar-refractivity contribution in [3.8, 4) is 0 Å². The van der Waals surface area contributed by atoms with Crippen LogP contribution in [0.3, 0.4) is 0 Å². The Bertz CT molecular complexity index is 1200. The largest absolute Gasteiger partial charge is 0.355 e. The number of rotatable bonds is 1. The zero-order valence-corrected chi connectivity index (χ0v) is 13.2. The predicted octanol–water partition coefficient (Wildman–Crippen LogP) is 3.12. The SMILES string of the molecule is CNC(=O)c1c(F)c2c(F)c(F)c(C)nc2n2c1nc1ccccc12. The summed E-state index contributed by atoms with van der Waals surface area (Å²) in [6, 6.07) is 6.80. The van der Waals surface area contributed by atoms with E-state index in [1.807, 2.05) is 0 Å². The van der Waals surface area contributed by atoms with Crippen molar-refractivity contribution in [1.29, 1.82) is 0 Å². The molecule has 0 radical (unpaired) electrons. The average molecular weight is 344 g/mol. The van der Waals surface area contributed by atoms with Gasteiger partial charge in [0, 0.05) is 7.05 Å². The minimum absolute atomic E-state index is 0.0107. The highest BCUT2D eigenvalue weighted by molar-refractivity contribution is 6.06. The molecule has 0 saturated heterocycles. The lowest BCUT2D eigenvalue weighted by molar-refractivity contribution is 0.0960. The van der Waals surface area contributed by atoms with E-state index in [1.165, 1.54) is 18.4 Å². The van der Waals surface area contributed by atoms with Crippen LogP contribution in [-0.4, -0.2) is 27.3 Å². The number of carbonyl (C=O) groups is 1. The number of aryl methyl sites for hydroxylation is 1. The van der Waals surface area contributed by atoms with E-state index in [9.17, 15) is 18.0 Å². The van der Waals surface area contributed by atoms with Crippen molar-refractivity contribution >= 4 is 33.6 Å². The molecule has 1 aromatic carbocycles. The Labute approximate surface area is 139 Å². The molecule has 0 unspecified atom stereocenters. The first kappa shape index (κ1) is 15.4. The van der Waals surface area contributed by atoms with Gasteiger partial charge in [-0.3, -0.25) is 9.20 Å². The van der Waals surface area contributed by atoms with E-state index in [1.54, 1.807) is 24.3 Å². The molecule has 5 nitrogen and oxygen atoms in total. The summed E-state index contributed by atoms with van der Waals surface area (Å²) in [5.41, 5.74) is 0.161. The van der Waals surface area contributed by atoms with Gasteiger partial charge >= 0.3 is 0 Å². The summed E-state index contributed by atoms with van der Waals surface area (Å²) in [4.78, 5) is 20.5. The molecule has 4 aromatic rings. The molecule has 0 atom stereocenters. The summed E-state index contributed by atoms with van der Waals surface area (Å²) in [5.74, 6) is -4.62. The Balaban J connectivity index is 2.40. The monoisotopic (exact) mass is 344 g/mol. The molecule has 8 heteroatoms. The van der Waals surface area contributed by atoms with Crippen LogP contribution in [-0.2, 0) is 0 Å². The number of halogens is 3. The first-order valence-corrected chi connectivity index (χ1v) is 7.41. The number of hydrogen-bond donors (Lipinski definition) is 1. The van der Waals surface area contributed by atoms with Gasteiger partial charge in [-0.1, -0.05) is 12.1 Å². The lowest BCUT2D eigenvalue weighted by atomic mass is 10.1. The fourth-order valence-corrected chi connectivity index (χ4v) is 2.94. The van der Waals surface area contributed by atoms with Crippen LogP contribution in [0.5, 0.6) is 0 Å². The molecule has 0 aliphatic carbocycles. The number of benzene rings is 1. The first-order chi connectivity index (χ1) is 12.0. The molecule has 0 fully saturated rings. The van der Waals surface area contributed by atoms with E-state index in [2.05, 4.69) is 15.3 Å². The van der Waals surface area contributed by atoms with E-state index in [0.29, 0.717) is 11.0 Å². The van der Waals surface area contributed by atoms with Crippen LogP contribution >= 0.6 is 0 Å². The standard InChI is InChI=1S/C17H11F3N4O/c1-7-12(18)14(20)10-13(19)11(17(25)21-2)16-23-8-5-3-4-6-9(8)24(16)15(10)22-7/h3-6H,1-2H3,(H,21,25). The predicted molar refractivity (Wildman–Crippen MR) is 86.0 cm³/mol. The molecule has 3 heterocycles. The van der Waals surface area contributed by atoms with Crippen LogP contribution in [0, 0.1) is 24.4 Å². The third kappa shape index (κ3) is 1.93. The Kier molecular flexibility index (Phi) is 3.18. The van der Waals surface area contributed by atoms with Crippen LogP contribution in [0.15, 0.2) is 24.3 Å². The maximum atomic E-state index is 15.0. The van der Waals surface area contributed by atoms with E-state index >= 15 is 0 Å². The van der Waals surface area contributed by atoms with Gasteiger partial charge in [0.25, 0.3) is 5.91 Å². The smallest absolute Gasteiger partial charge is 0.257 e. The molecule has 126 valence electrons. The van der Waals surface area contributed by atoms with Gasteiger partial charge in [-0.15, -0.1) is 0 Å². The molecule has 4 rings (SSSR count). The third-order valence-electron chi connectivity index (χ3n) is 4.12. The van der Waals surface area contributed by atoms with Gasteiger partial charge in [0.15, 0.2) is 28.7 Å². The average Bonchev–Trinajstić information content (AvgIpc) is 2.98. The molecule has 1 amide bonds. The topological polar surface area (TPSA) is 59.3 Å². The Morgan fingerprint density at radius 3 is 2.48 bits per heavy atom. The van der Waals surface area contributed by atoms with Gasteiger partial charge in [-0.05, 0) is 19.1 Å². The Morgan fingerprint density at radius 2 is 1.76 bits per heavy atom. The number of fused-ring (bicyclic) bond motifs is 5. The van der Waals surface area contributed by atoms with Gasteiger partial charge in [-0.25, -0.2) is 23.1 Å². The second kappa shape index (κ2) is 5.17. The van der Waals surface area contributed by atoms with Crippen LogP contribution < -0.4 is 5.32 Å². The van der Waals surface area contributed by atoms with E-state index in [0.717, 1.165) is 0 Å². The number of amides is 1. The number of nitrogens with zero attached hydrogens (tertiary/aromatic N) is 3. The van der Waals surface area contributed by atoms with Crippen LogP contribution in [0.1, 0.15) is 16.1 Å². The Hall–Kier alpha value is -3.16. The van der Waals surface area contributed by atoms with E-state index < -0.39 is 34.3 Å². The molecule has 0 saturated carbocycles. The molecule has 25 heavy (non-hydrogen) atoms. The maximum Gasteiger partial charge on any atom is 0.257 e. The highest BCUT2D eigenvalue weighted by Crippen LogP contribution is 2.31. The summed E-state index contributed by atoms with van der Waals surface area (Å²) in [5, 5.41) is 1.62. The van der Waals surface area contributed by atoms with E-state index in [4.69, 9.17) is 0 Å². The third-order valence-corrected chi connectivity index (χ3v) is 4.12. The van der Waals surface area contributed by atoms with Crippen LogP contribution in [0.25, 0.3) is 27.7 Å². The van der Waals surface area contributed by atoms with Crippen molar-refractivity contribution in [2.75, 3.05) is 7.05 Å². The second-order valence-electron chi connectivity index (χ2n) is 5.55. The first-order valence-electron chi connectivity index (χ1n) is 7.41. The molecular weight excluding hydrogens is 333 g/mol. The van der Waals surface area contributed by atoms with Crippen LogP contribution in [0.2, 0.25) is 0 Å². The lowest BCUT2D eigenvalue weighted by Gasteiger charge is -2.11. The summed E-state index contributed by atoms with van der Waals surface area (Å²) >= 11 is 0. The normalized spacial score (nSPS) is 11.6. The highest BCUT2D eigenvalue weighted by Gasteiger charge is 2.27. The van der Waals surface area contributed by atoms with Gasteiger partial charge in [0.1, 0.15) is 5.56 Å². The number of imidazole rings is 1. The molecule has 0 aliphatic rings. The maximum absolute atomic E-state index is 15.0. The van der Waals surface area contributed by atoms with Crippen molar-refractivity contribution in [2.24, 2.45) is 0 Å². The number of nitrogens with one attached hydrogen (secondary N) is 1. The molecule has 1 N–H and O–H groups in total. The molecule has 0 aliphatic heterocycles. The van der Waals surface area contributed by atoms with E-state index in [-0.39, 0.29) is 17.0 Å². The van der Waals surface area contributed by atoms with Crippen molar-refractivity contribution in [1.82, 2.24) is 19.7 Å². The van der Waals surface area contributed by atoms with Crippen molar-refractivity contribution < 1.29 is 18.0 Å². The number of aromatic nitrogens is 3. The zero-order chi connectivity index (χ0) is 17.9. The minimum atomic E-state index is -1.38. The highest BCUT2D eigenvalue weighted by atomic mass is 19.2. The number of carbonyl (C=O) groups excluding carboxylic acids is 1. The molecular formula is C17H11F3N4O. The van der Waals surface area contributed by atoms with Crippen molar-refractivity contribution in [3.63, 3.8) is 0 Å². The van der Waals surface area contributed by atoms with Gasteiger partial charge in [-0.2, -0.15) is 0 Å². The summed E-state index contributed by atoms with van der Waals surface area (Å²) < 4.78 is 44.8. The summed E-state index contributed by atoms with van der Waals surface area (Å²) in [7, 11) is 1.31. The number of para-hydroxylation sites is 2. The van der Waals surface area contributed by atoms with Crippen molar-refractivity contribution in [3.05, 3.63) is 53.0 Å². The van der Waals surface area contributed by atoms with Gasteiger partial charge in [0.2, 0.25) is 0 Å². The van der Waals surface area contributed by atoms with Gasteiger partial charge < -0.3 is 5.32 Å². The van der Waals surface area contributed by atoms with Crippen molar-refractivity contribution in [2.45, 2.75) is 6.92 Å². The fourth-order valence-electron chi connectivity index (χ4n) is 2.94. The molecule has 0 bridgehead atoms. The Morgan fingerprint density at radius 1 is 1.04 bits per heavy atom. The number of pyridine rings is 2. The zero-order valence-electron chi connectivity index (χ0n) is 13.2. The molecule has 3 aromatic heterocycles. The quantitative estimate of drug-likeness (QED) is 0.577. The summed E-state index contributed by atoms with van der Waals surface area (Å²) in [6.07, 6.45) is 0. The summed E-state index contributed by atoms with van der Waals surface area (Å²) in [6.45, 7) is 1.29. The minimum Gasteiger partial charge on any atom is -0.355 e. The molecule has 0 spiro atoms. The second-order valence-corrected chi connectivity index (χ2v) is 5.55. The van der Waals surface area contributed by atoms with Crippen LogP contribution in [0.4, 0.5) is 13.2 Å². The fraction of sp³-hybridized carbons (Fsp3) is 0.118. The lowest BCUT2D eigenvalue weighted by Crippen LogP contribution is -2.21. The van der Waals surface area contributed by atoms with Gasteiger partial charge in [0.05, 0.1) is 22.1 Å².